The Bertz CT molecular complexity index is 385. The Kier molecular flexibility index (Phi) is 4.18. The van der Waals surface area contributed by atoms with Crippen LogP contribution in [-0.2, 0) is 10.8 Å². The fourth-order valence-corrected chi connectivity index (χ4v) is 2.40. The van der Waals surface area contributed by atoms with Crippen molar-refractivity contribution in [1.82, 2.24) is 5.43 Å². The van der Waals surface area contributed by atoms with E-state index >= 15 is 0 Å². The van der Waals surface area contributed by atoms with Gasteiger partial charge in [-0.15, -0.1) is 11.3 Å². The molecule has 0 radical (unpaired) electrons. The van der Waals surface area contributed by atoms with Gasteiger partial charge >= 0.3 is 0 Å². The molecule has 0 amide bonds. The molecule has 1 aromatic rings. The molecule has 0 fully saturated rings. The van der Waals surface area contributed by atoms with Crippen LogP contribution in [0.5, 0.6) is 0 Å². The minimum Gasteiger partial charge on any atom is -0.375 e. The third-order valence-corrected chi connectivity index (χ3v) is 3.81. The van der Waals surface area contributed by atoms with Gasteiger partial charge in [0.1, 0.15) is 0 Å². The smallest absolute Gasteiger partial charge is 0.184 e. The third kappa shape index (κ3) is 3.52. The van der Waals surface area contributed by atoms with Crippen LogP contribution in [0.3, 0.4) is 0 Å². The number of nitrogens with zero attached hydrogens (tertiary/aromatic N) is 1. The summed E-state index contributed by atoms with van der Waals surface area (Å²) in [6.45, 7) is 0. The van der Waals surface area contributed by atoms with Gasteiger partial charge in [0.25, 0.3) is 0 Å². The summed E-state index contributed by atoms with van der Waals surface area (Å²) in [6.07, 6.45) is 3.22. The van der Waals surface area contributed by atoms with E-state index in [0.29, 0.717) is 0 Å². The lowest BCUT2D eigenvalue weighted by Gasteiger charge is -1.91. The molecule has 0 unspecified atom stereocenters. The van der Waals surface area contributed by atoms with Crippen LogP contribution in [0, 0.1) is 0 Å². The van der Waals surface area contributed by atoms with Crippen LogP contribution in [0.4, 0.5) is 0 Å². The van der Waals surface area contributed by atoms with Gasteiger partial charge in [0.2, 0.25) is 0 Å². The van der Waals surface area contributed by atoms with Crippen LogP contribution in [-0.4, -0.2) is 21.8 Å². The van der Waals surface area contributed by atoms with Crippen molar-refractivity contribution in [3.63, 3.8) is 0 Å². The van der Waals surface area contributed by atoms with Gasteiger partial charge in [-0.1, -0.05) is 0 Å². The minimum absolute atomic E-state index is 0.122. The first-order chi connectivity index (χ1) is 6.59. The largest absolute Gasteiger partial charge is 0.375 e. The van der Waals surface area contributed by atoms with Crippen LogP contribution < -0.4 is 11.2 Å². The van der Waals surface area contributed by atoms with Gasteiger partial charge in [0.05, 0.1) is 21.2 Å². The predicted octanol–water partition coefficient (Wildman–Crippen LogP) is 0.653. The number of nitrogens with one attached hydrogen (secondary N) is 1. The molecule has 0 aromatic carbocycles. The van der Waals surface area contributed by atoms with Gasteiger partial charge in [0.15, 0.2) is 5.11 Å². The molecule has 0 saturated carbocycles. The van der Waals surface area contributed by atoms with Crippen molar-refractivity contribution in [2.45, 2.75) is 4.21 Å². The van der Waals surface area contributed by atoms with Crippen LogP contribution >= 0.6 is 23.6 Å². The summed E-state index contributed by atoms with van der Waals surface area (Å²) in [6, 6.07) is 3.65. The van der Waals surface area contributed by atoms with E-state index in [9.17, 15) is 4.21 Å². The second-order valence-electron chi connectivity index (χ2n) is 2.35. The molecule has 1 aromatic heterocycles. The Morgan fingerprint density at radius 3 is 3.00 bits per heavy atom. The van der Waals surface area contributed by atoms with Crippen molar-refractivity contribution < 1.29 is 4.21 Å². The number of hydrogen-bond donors (Lipinski definition) is 2. The van der Waals surface area contributed by atoms with E-state index in [0.717, 1.165) is 9.09 Å². The van der Waals surface area contributed by atoms with Crippen molar-refractivity contribution in [2.24, 2.45) is 10.8 Å². The highest BCUT2D eigenvalue weighted by atomic mass is 32.2. The van der Waals surface area contributed by atoms with Crippen molar-refractivity contribution in [3.05, 3.63) is 17.0 Å². The van der Waals surface area contributed by atoms with E-state index in [-0.39, 0.29) is 5.11 Å². The number of hydrazone groups is 1. The van der Waals surface area contributed by atoms with E-state index in [4.69, 9.17) is 5.73 Å². The van der Waals surface area contributed by atoms with Crippen LogP contribution in [0.25, 0.3) is 0 Å². The maximum atomic E-state index is 11.1. The van der Waals surface area contributed by atoms with E-state index in [1.807, 2.05) is 12.1 Å². The lowest BCUT2D eigenvalue weighted by atomic mass is 10.5. The maximum Gasteiger partial charge on any atom is 0.184 e. The first-order valence-electron chi connectivity index (χ1n) is 3.61. The zero-order chi connectivity index (χ0) is 10.6. The molecule has 1 atom stereocenters. The molecule has 1 heterocycles. The Balaban J connectivity index is 2.64. The highest BCUT2D eigenvalue weighted by Gasteiger charge is 2.00. The van der Waals surface area contributed by atoms with Crippen molar-refractivity contribution in [3.8, 4) is 0 Å². The summed E-state index contributed by atoms with van der Waals surface area (Å²) in [7, 11) is -0.936. The van der Waals surface area contributed by atoms with Gasteiger partial charge in [-0.3, -0.25) is 9.63 Å². The lowest BCUT2D eigenvalue weighted by molar-refractivity contribution is 0.688. The first-order valence-corrected chi connectivity index (χ1v) is 6.39. The summed E-state index contributed by atoms with van der Waals surface area (Å²) in [5, 5.41) is 3.91. The Labute approximate surface area is 93.7 Å². The van der Waals surface area contributed by atoms with Crippen LogP contribution in [0.1, 0.15) is 4.88 Å². The number of thiophene rings is 1. The highest BCUT2D eigenvalue weighted by Crippen LogP contribution is 2.17. The summed E-state index contributed by atoms with van der Waals surface area (Å²) < 4.78 is 11.9. The fourth-order valence-electron chi connectivity index (χ4n) is 0.718. The molecule has 0 spiro atoms. The SMILES string of the molecule is C[S@](=O)c1ccc(C=NNC(N)=S)s1. The Morgan fingerprint density at radius 1 is 1.79 bits per heavy atom. The molecule has 1 rings (SSSR count). The van der Waals surface area contributed by atoms with Crippen LogP contribution in [0.15, 0.2) is 21.4 Å². The molecule has 7 heteroatoms. The van der Waals surface area contributed by atoms with E-state index < -0.39 is 10.8 Å². The zero-order valence-corrected chi connectivity index (χ0v) is 9.84. The fraction of sp³-hybridized carbons (Fsp3) is 0.143. The molecule has 3 N–H and O–H groups in total. The Hall–Kier alpha value is -0.790. The normalized spacial score (nSPS) is 12.9. The number of nitrogens with two attached hydrogens (primary N) is 1. The molecule has 76 valence electrons. The second-order valence-corrected chi connectivity index (χ2v) is 5.51. The molecular weight excluding hydrogens is 238 g/mol. The average Bonchev–Trinajstić information content (AvgIpc) is 2.52. The quantitative estimate of drug-likeness (QED) is 0.467. The summed E-state index contributed by atoms with van der Waals surface area (Å²) in [5.41, 5.74) is 7.61. The monoisotopic (exact) mass is 247 g/mol. The lowest BCUT2D eigenvalue weighted by Crippen LogP contribution is -2.23. The van der Waals surface area contributed by atoms with Gasteiger partial charge in [0, 0.05) is 11.1 Å². The van der Waals surface area contributed by atoms with E-state index in [1.165, 1.54) is 11.3 Å². The number of hydrogen-bond acceptors (Lipinski definition) is 4. The summed E-state index contributed by atoms with van der Waals surface area (Å²) in [4.78, 5) is 0.902. The topological polar surface area (TPSA) is 67.5 Å². The molecule has 0 aliphatic heterocycles. The predicted molar refractivity (Wildman–Crippen MR) is 64.2 cm³/mol. The third-order valence-electron chi connectivity index (χ3n) is 1.25. The molecule has 4 nitrogen and oxygen atoms in total. The van der Waals surface area contributed by atoms with Gasteiger partial charge < -0.3 is 5.73 Å². The molecule has 0 bridgehead atoms. The number of rotatable bonds is 3. The van der Waals surface area contributed by atoms with Gasteiger partial charge in [-0.2, -0.15) is 5.10 Å². The molecule has 14 heavy (non-hydrogen) atoms. The summed E-state index contributed by atoms with van der Waals surface area (Å²) >= 11 is 5.98. The molecular formula is C7H9N3OS3. The van der Waals surface area contributed by atoms with Crippen molar-refractivity contribution in [2.75, 3.05) is 6.26 Å². The van der Waals surface area contributed by atoms with Crippen LogP contribution in [0.2, 0.25) is 0 Å². The van der Waals surface area contributed by atoms with Crippen molar-refractivity contribution in [1.29, 1.82) is 0 Å². The molecule has 0 saturated heterocycles. The van der Waals surface area contributed by atoms with Gasteiger partial charge in [-0.25, -0.2) is 0 Å². The number of thiocarbonyl (C=S) groups is 1. The average molecular weight is 247 g/mol. The minimum atomic E-state index is -0.936. The van der Waals surface area contributed by atoms with Gasteiger partial charge in [-0.05, 0) is 24.4 Å². The summed E-state index contributed by atoms with van der Waals surface area (Å²) in [5.74, 6) is 0. The maximum absolute atomic E-state index is 11.1. The van der Waals surface area contributed by atoms with E-state index in [1.54, 1.807) is 12.5 Å². The van der Waals surface area contributed by atoms with Crippen molar-refractivity contribution >= 4 is 45.7 Å². The second kappa shape index (κ2) is 5.18. The Morgan fingerprint density at radius 2 is 2.50 bits per heavy atom. The zero-order valence-electron chi connectivity index (χ0n) is 7.39. The first kappa shape index (κ1) is 11.3. The highest BCUT2D eigenvalue weighted by molar-refractivity contribution is 7.86. The molecule has 0 aliphatic carbocycles. The molecule has 0 aliphatic rings. The standard InChI is InChI=1S/C7H9N3OS3/c1-14(11)6-3-2-5(13-6)4-9-10-7(8)12/h2-4H,1H3,(H3,8,10,12)/t14-/m0/s1. The van der Waals surface area contributed by atoms with E-state index in [2.05, 4.69) is 22.7 Å².